The van der Waals surface area contributed by atoms with Crippen LogP contribution in [0.3, 0.4) is 0 Å². The molecule has 1 amide bonds. The lowest BCUT2D eigenvalue weighted by molar-refractivity contribution is 0.0951. The van der Waals surface area contributed by atoms with Crippen LogP contribution in [0, 0.1) is 0 Å². The van der Waals surface area contributed by atoms with Crippen molar-refractivity contribution < 1.29 is 4.79 Å². The molecule has 98 valence electrons. The fourth-order valence-corrected chi connectivity index (χ4v) is 1.96. The van der Waals surface area contributed by atoms with E-state index in [-0.39, 0.29) is 5.91 Å². The third-order valence-electron chi connectivity index (χ3n) is 2.61. The Bertz CT molecular complexity index is 597. The number of nitrogens with two attached hydrogens (primary N) is 1. The first-order valence-electron chi connectivity index (χ1n) is 5.64. The Kier molecular flexibility index (Phi) is 4.30. The third kappa shape index (κ3) is 3.63. The molecule has 2 aromatic carbocycles. The van der Waals surface area contributed by atoms with E-state index in [2.05, 4.69) is 5.32 Å². The standard InChI is InChI=1S/C14H12Cl2N2O/c15-10-3-6-13(16)12(7-10)14(19)18-8-9-1-4-11(17)5-2-9/h1-7H,8,17H2,(H,18,19). The topological polar surface area (TPSA) is 55.1 Å². The zero-order valence-electron chi connectivity index (χ0n) is 9.99. The van der Waals surface area contributed by atoms with Crippen molar-refractivity contribution >= 4 is 34.8 Å². The zero-order valence-corrected chi connectivity index (χ0v) is 11.5. The van der Waals surface area contributed by atoms with E-state index in [0.717, 1.165) is 5.56 Å². The van der Waals surface area contributed by atoms with Gasteiger partial charge in [0.25, 0.3) is 5.91 Å². The van der Waals surface area contributed by atoms with E-state index in [1.807, 2.05) is 12.1 Å². The molecule has 0 saturated carbocycles. The maximum Gasteiger partial charge on any atom is 0.253 e. The summed E-state index contributed by atoms with van der Waals surface area (Å²) in [6, 6.07) is 12.1. The van der Waals surface area contributed by atoms with E-state index in [9.17, 15) is 4.79 Å². The van der Waals surface area contributed by atoms with Gasteiger partial charge in [-0.2, -0.15) is 0 Å². The second-order valence-electron chi connectivity index (χ2n) is 4.05. The summed E-state index contributed by atoms with van der Waals surface area (Å²) in [5.41, 5.74) is 7.60. The number of rotatable bonds is 3. The highest BCUT2D eigenvalue weighted by Crippen LogP contribution is 2.20. The average molecular weight is 295 g/mol. The molecule has 0 atom stereocenters. The van der Waals surface area contributed by atoms with Crippen molar-refractivity contribution in [3.05, 3.63) is 63.6 Å². The number of amides is 1. The number of hydrogen-bond donors (Lipinski definition) is 2. The Labute approximate surface area is 121 Å². The summed E-state index contributed by atoms with van der Waals surface area (Å²) in [5.74, 6) is -0.260. The summed E-state index contributed by atoms with van der Waals surface area (Å²) in [5, 5.41) is 3.63. The molecule has 0 aliphatic rings. The Hall–Kier alpha value is -1.71. The minimum Gasteiger partial charge on any atom is -0.399 e. The van der Waals surface area contributed by atoms with E-state index >= 15 is 0 Å². The van der Waals surface area contributed by atoms with Crippen LogP contribution < -0.4 is 11.1 Å². The molecule has 19 heavy (non-hydrogen) atoms. The van der Waals surface area contributed by atoms with Crippen molar-refractivity contribution in [2.24, 2.45) is 0 Å². The van der Waals surface area contributed by atoms with Crippen LogP contribution in [0.2, 0.25) is 10.0 Å². The number of nitrogens with one attached hydrogen (secondary N) is 1. The number of carbonyl (C=O) groups excluding carboxylic acids is 1. The zero-order chi connectivity index (χ0) is 13.8. The fourth-order valence-electron chi connectivity index (χ4n) is 1.58. The maximum absolute atomic E-state index is 12.0. The second kappa shape index (κ2) is 5.95. The Morgan fingerprint density at radius 1 is 1.11 bits per heavy atom. The van der Waals surface area contributed by atoms with Crippen LogP contribution in [0.15, 0.2) is 42.5 Å². The van der Waals surface area contributed by atoms with Gasteiger partial charge in [-0.15, -0.1) is 0 Å². The van der Waals surface area contributed by atoms with E-state index in [1.165, 1.54) is 0 Å². The molecular formula is C14H12Cl2N2O. The van der Waals surface area contributed by atoms with Gasteiger partial charge in [0.2, 0.25) is 0 Å². The number of carbonyl (C=O) groups is 1. The second-order valence-corrected chi connectivity index (χ2v) is 4.89. The summed E-state index contributed by atoms with van der Waals surface area (Å²) in [6.07, 6.45) is 0. The third-order valence-corrected chi connectivity index (χ3v) is 3.17. The molecule has 0 spiro atoms. The van der Waals surface area contributed by atoms with Crippen molar-refractivity contribution in [2.75, 3.05) is 5.73 Å². The summed E-state index contributed by atoms with van der Waals surface area (Å²) < 4.78 is 0. The monoisotopic (exact) mass is 294 g/mol. The highest BCUT2D eigenvalue weighted by Gasteiger charge is 2.10. The molecule has 5 heteroatoms. The van der Waals surface area contributed by atoms with Gasteiger partial charge in [-0.1, -0.05) is 35.3 Å². The van der Waals surface area contributed by atoms with E-state index in [0.29, 0.717) is 27.8 Å². The van der Waals surface area contributed by atoms with Gasteiger partial charge in [0.05, 0.1) is 10.6 Å². The molecule has 0 aliphatic carbocycles. The molecule has 0 bridgehead atoms. The highest BCUT2D eigenvalue weighted by molar-refractivity contribution is 6.35. The van der Waals surface area contributed by atoms with Gasteiger partial charge in [-0.25, -0.2) is 0 Å². The fraction of sp³-hybridized carbons (Fsp3) is 0.0714. The van der Waals surface area contributed by atoms with Gasteiger partial charge in [-0.3, -0.25) is 4.79 Å². The Balaban J connectivity index is 2.05. The molecule has 2 rings (SSSR count). The molecule has 0 unspecified atom stereocenters. The van der Waals surface area contributed by atoms with E-state index < -0.39 is 0 Å². The first-order chi connectivity index (χ1) is 9.06. The van der Waals surface area contributed by atoms with Gasteiger partial charge in [0.1, 0.15) is 0 Å². The first kappa shape index (κ1) is 13.7. The Morgan fingerprint density at radius 3 is 2.47 bits per heavy atom. The number of anilines is 1. The smallest absolute Gasteiger partial charge is 0.253 e. The Morgan fingerprint density at radius 2 is 1.79 bits per heavy atom. The molecule has 3 N–H and O–H groups in total. The van der Waals surface area contributed by atoms with Gasteiger partial charge in [0.15, 0.2) is 0 Å². The van der Waals surface area contributed by atoms with Crippen LogP contribution in [0.5, 0.6) is 0 Å². The number of halogens is 2. The van der Waals surface area contributed by atoms with E-state index in [1.54, 1.807) is 30.3 Å². The molecule has 2 aromatic rings. The maximum atomic E-state index is 12.0. The van der Waals surface area contributed by atoms with Crippen LogP contribution in [0.25, 0.3) is 0 Å². The molecule has 0 aliphatic heterocycles. The largest absolute Gasteiger partial charge is 0.399 e. The molecule has 0 radical (unpaired) electrons. The van der Waals surface area contributed by atoms with Crippen molar-refractivity contribution in [1.82, 2.24) is 5.32 Å². The van der Waals surface area contributed by atoms with E-state index in [4.69, 9.17) is 28.9 Å². The number of benzene rings is 2. The van der Waals surface area contributed by atoms with Gasteiger partial charge in [-0.05, 0) is 35.9 Å². The lowest BCUT2D eigenvalue weighted by atomic mass is 10.2. The average Bonchev–Trinajstić information content (AvgIpc) is 2.40. The summed E-state index contributed by atoms with van der Waals surface area (Å²) in [6.45, 7) is 0.405. The lowest BCUT2D eigenvalue weighted by Gasteiger charge is -2.07. The molecule has 0 saturated heterocycles. The molecular weight excluding hydrogens is 283 g/mol. The van der Waals surface area contributed by atoms with Crippen molar-refractivity contribution in [2.45, 2.75) is 6.54 Å². The quantitative estimate of drug-likeness (QED) is 0.851. The predicted molar refractivity (Wildman–Crippen MR) is 78.5 cm³/mol. The molecule has 3 nitrogen and oxygen atoms in total. The van der Waals surface area contributed by atoms with Crippen molar-refractivity contribution in [3.63, 3.8) is 0 Å². The van der Waals surface area contributed by atoms with Crippen LogP contribution >= 0.6 is 23.2 Å². The lowest BCUT2D eigenvalue weighted by Crippen LogP contribution is -2.23. The normalized spacial score (nSPS) is 10.2. The first-order valence-corrected chi connectivity index (χ1v) is 6.39. The van der Waals surface area contributed by atoms with Crippen LogP contribution in [0.1, 0.15) is 15.9 Å². The summed E-state index contributed by atoms with van der Waals surface area (Å²) in [4.78, 5) is 12.0. The predicted octanol–water partition coefficient (Wildman–Crippen LogP) is 3.51. The summed E-state index contributed by atoms with van der Waals surface area (Å²) in [7, 11) is 0. The van der Waals surface area contributed by atoms with Gasteiger partial charge >= 0.3 is 0 Å². The van der Waals surface area contributed by atoms with Crippen LogP contribution in [-0.2, 0) is 6.54 Å². The van der Waals surface area contributed by atoms with Crippen LogP contribution in [-0.4, -0.2) is 5.91 Å². The molecule has 0 aromatic heterocycles. The van der Waals surface area contributed by atoms with Crippen LogP contribution in [0.4, 0.5) is 5.69 Å². The van der Waals surface area contributed by atoms with Crippen molar-refractivity contribution in [1.29, 1.82) is 0 Å². The van der Waals surface area contributed by atoms with Crippen molar-refractivity contribution in [3.8, 4) is 0 Å². The minimum atomic E-state index is -0.260. The number of nitrogen functional groups attached to an aromatic ring is 1. The summed E-state index contributed by atoms with van der Waals surface area (Å²) >= 11 is 11.8. The number of hydrogen-bond acceptors (Lipinski definition) is 2. The molecule has 0 fully saturated rings. The minimum absolute atomic E-state index is 0.260. The molecule has 0 heterocycles. The van der Waals surface area contributed by atoms with Gasteiger partial charge < -0.3 is 11.1 Å². The highest BCUT2D eigenvalue weighted by atomic mass is 35.5. The van der Waals surface area contributed by atoms with Gasteiger partial charge in [0, 0.05) is 17.3 Å². The SMILES string of the molecule is Nc1ccc(CNC(=O)c2cc(Cl)ccc2Cl)cc1.